The molecule has 17 nitrogen and oxygen atoms in total. The number of allylic oxidation sites excluding steroid dienone is 6. The van der Waals surface area contributed by atoms with Crippen molar-refractivity contribution in [2.24, 2.45) is 23.3 Å². The Balaban J connectivity index is 2.43. The van der Waals surface area contributed by atoms with Crippen LogP contribution in [0, 0.1) is 11.8 Å². The fraction of sp³-hybridized carbons (Fsp3) is 0.421. The molecule has 0 aliphatic carbocycles. The number of hydrogen-bond donors (Lipinski definition) is 8. The molecule has 7 amide bonds. The van der Waals surface area contributed by atoms with Crippen LogP contribution in [-0.4, -0.2) is 88.7 Å². The average Bonchev–Trinajstić information content (AvgIpc) is 3.12. The molecular formula is C38H50BrN7O10. The third kappa shape index (κ3) is 15.2. The molecule has 10 N–H and O–H groups in total. The molecule has 1 saturated heterocycles. The first-order chi connectivity index (χ1) is 26.3. The molecule has 304 valence electrons. The zero-order valence-corrected chi connectivity index (χ0v) is 33.3. The highest BCUT2D eigenvalue weighted by Crippen LogP contribution is 2.24. The summed E-state index contributed by atoms with van der Waals surface area (Å²) in [6.07, 6.45) is 10.3. The van der Waals surface area contributed by atoms with E-state index in [-0.39, 0.29) is 5.75 Å². The number of esters is 1. The lowest BCUT2D eigenvalue weighted by molar-refractivity contribution is -0.157. The molecule has 1 heterocycles. The monoisotopic (exact) mass is 843 g/mol. The second-order valence-corrected chi connectivity index (χ2v) is 14.2. The minimum atomic E-state index is -1.65. The summed E-state index contributed by atoms with van der Waals surface area (Å²) < 4.78 is 6.19. The van der Waals surface area contributed by atoms with Crippen LogP contribution >= 0.6 is 15.9 Å². The number of hydrogen-bond acceptors (Lipinski definition) is 10. The van der Waals surface area contributed by atoms with Gasteiger partial charge in [0.2, 0.25) is 41.4 Å². The van der Waals surface area contributed by atoms with Gasteiger partial charge in [-0.2, -0.15) is 0 Å². The van der Waals surface area contributed by atoms with Gasteiger partial charge in [-0.25, -0.2) is 4.79 Å². The standard InChI is InChI=1S/C38H50BrN7O10/c1-6-21(4)32-38(55)56-22(5)33(44-30(50)14-12-10-8-7-9-11-13-23-15-16-27(47)24(39)17-23)37(54)45-31(20(2)3)36(53)43-25(18-28(40)48)34(51)42-26(19-29(41)49)35(52)46-32/h7-17,20-22,25-26,31-33,47H,6,18-19H2,1-5H3,(H2,40,48)(H2,41,49)(H,42,51)(H,43,53)(H,44,50)(H,45,54)(H,46,52)/b9-7+,10-8+,13-11+,14-12+/t21-,22-,25+,26+,31+,32-,33-/m0/s1. The Labute approximate surface area is 333 Å². The second-order valence-electron chi connectivity index (χ2n) is 13.4. The van der Waals surface area contributed by atoms with E-state index in [0.717, 1.165) is 11.6 Å². The number of nitrogens with two attached hydrogens (primary N) is 2. The number of ether oxygens (including phenoxy) is 1. The minimum Gasteiger partial charge on any atom is -0.507 e. The molecule has 0 aromatic heterocycles. The van der Waals surface area contributed by atoms with Crippen molar-refractivity contribution in [3.63, 3.8) is 0 Å². The summed E-state index contributed by atoms with van der Waals surface area (Å²) in [5, 5.41) is 21.8. The molecule has 1 aromatic rings. The third-order valence-corrected chi connectivity index (χ3v) is 9.14. The molecule has 2 rings (SSSR count). The van der Waals surface area contributed by atoms with Crippen LogP contribution in [-0.2, 0) is 43.1 Å². The highest BCUT2D eigenvalue weighted by atomic mass is 79.9. The molecule has 1 aromatic carbocycles. The van der Waals surface area contributed by atoms with Crippen molar-refractivity contribution >= 4 is 69.3 Å². The Hall–Kier alpha value is -5.78. The number of halogens is 1. The van der Waals surface area contributed by atoms with E-state index < -0.39 is 108 Å². The smallest absolute Gasteiger partial charge is 0.329 e. The van der Waals surface area contributed by atoms with Crippen molar-refractivity contribution in [2.45, 2.75) is 90.2 Å². The molecule has 0 unspecified atom stereocenters. The van der Waals surface area contributed by atoms with Crippen LogP contribution in [0.15, 0.2) is 65.2 Å². The Morgan fingerprint density at radius 3 is 1.91 bits per heavy atom. The number of benzene rings is 1. The molecule has 0 saturated carbocycles. The zero-order chi connectivity index (χ0) is 42.1. The summed E-state index contributed by atoms with van der Waals surface area (Å²) in [6, 6.07) is -2.52. The third-order valence-electron chi connectivity index (χ3n) is 8.50. The van der Waals surface area contributed by atoms with Gasteiger partial charge in [0.15, 0.2) is 0 Å². The van der Waals surface area contributed by atoms with Gasteiger partial charge in [0.25, 0.3) is 0 Å². The van der Waals surface area contributed by atoms with Crippen molar-refractivity contribution in [3.05, 3.63) is 70.8 Å². The second kappa shape index (κ2) is 22.6. The van der Waals surface area contributed by atoms with Gasteiger partial charge in [-0.1, -0.05) is 82.7 Å². The van der Waals surface area contributed by atoms with E-state index in [1.807, 2.05) is 6.08 Å². The molecule has 0 radical (unpaired) electrons. The summed E-state index contributed by atoms with van der Waals surface area (Å²) in [6.45, 7) is 7.87. The molecule has 0 spiro atoms. The number of primary amides is 2. The van der Waals surface area contributed by atoms with Crippen molar-refractivity contribution in [1.29, 1.82) is 0 Å². The van der Waals surface area contributed by atoms with Crippen LogP contribution in [0.1, 0.15) is 59.4 Å². The maximum Gasteiger partial charge on any atom is 0.329 e. The summed E-state index contributed by atoms with van der Waals surface area (Å²) in [5.41, 5.74) is 11.5. The molecule has 1 aliphatic rings. The molecular weight excluding hydrogens is 794 g/mol. The number of rotatable bonds is 13. The van der Waals surface area contributed by atoms with Crippen LogP contribution in [0.5, 0.6) is 5.75 Å². The molecule has 56 heavy (non-hydrogen) atoms. The van der Waals surface area contributed by atoms with Crippen molar-refractivity contribution in [3.8, 4) is 5.75 Å². The topological polar surface area (TPSA) is 278 Å². The highest BCUT2D eigenvalue weighted by molar-refractivity contribution is 9.10. The van der Waals surface area contributed by atoms with Crippen LogP contribution in [0.4, 0.5) is 0 Å². The average molecular weight is 845 g/mol. The maximum absolute atomic E-state index is 13.8. The first kappa shape index (κ1) is 46.4. The summed E-state index contributed by atoms with van der Waals surface area (Å²) >= 11 is 3.26. The van der Waals surface area contributed by atoms with E-state index >= 15 is 0 Å². The van der Waals surface area contributed by atoms with Gasteiger partial charge in [0.05, 0.1) is 17.3 Å². The fourth-order valence-electron chi connectivity index (χ4n) is 5.17. The van der Waals surface area contributed by atoms with Gasteiger partial charge in [0.1, 0.15) is 42.1 Å². The van der Waals surface area contributed by atoms with Gasteiger partial charge in [0, 0.05) is 6.08 Å². The lowest BCUT2D eigenvalue weighted by Gasteiger charge is -2.31. The number of phenolic OH excluding ortho intramolecular Hbond substituents is 1. The number of aromatic hydroxyl groups is 1. The van der Waals surface area contributed by atoms with E-state index in [4.69, 9.17) is 16.2 Å². The van der Waals surface area contributed by atoms with Gasteiger partial charge in [-0.3, -0.25) is 33.6 Å². The SMILES string of the molecule is CC[C@H](C)[C@@H]1NC(=O)[C@@H](CC(N)=O)NC(=O)[C@@H](CC(N)=O)NC(=O)[C@@H](C(C)C)NC(=O)[C@@H](NC(=O)/C=C/C=C/C=C/C=C/c2ccc(O)c(Br)c2)[C@H](C)OC1=O. The lowest BCUT2D eigenvalue weighted by Crippen LogP contribution is -2.62. The van der Waals surface area contributed by atoms with Gasteiger partial charge < -0.3 is 47.9 Å². The largest absolute Gasteiger partial charge is 0.507 e. The quantitative estimate of drug-likeness (QED) is 0.0780. The first-order valence-corrected chi connectivity index (χ1v) is 18.6. The van der Waals surface area contributed by atoms with E-state index in [1.54, 1.807) is 76.3 Å². The first-order valence-electron chi connectivity index (χ1n) is 17.8. The van der Waals surface area contributed by atoms with E-state index in [0.29, 0.717) is 10.9 Å². The molecule has 18 heteroatoms. The Bertz CT molecular complexity index is 1760. The summed E-state index contributed by atoms with van der Waals surface area (Å²) in [5.74, 6) is -8.73. The number of carbonyl (C=O) groups is 8. The Morgan fingerprint density at radius 2 is 1.36 bits per heavy atom. The lowest BCUT2D eigenvalue weighted by atomic mass is 9.98. The van der Waals surface area contributed by atoms with Crippen LogP contribution in [0.3, 0.4) is 0 Å². The number of nitrogens with one attached hydrogen (secondary N) is 5. The van der Waals surface area contributed by atoms with Gasteiger partial charge in [-0.15, -0.1) is 0 Å². The van der Waals surface area contributed by atoms with E-state index in [2.05, 4.69) is 42.5 Å². The molecule has 1 fully saturated rings. The van der Waals surface area contributed by atoms with Crippen LogP contribution in [0.25, 0.3) is 6.08 Å². The van der Waals surface area contributed by atoms with Crippen LogP contribution in [0.2, 0.25) is 0 Å². The fourth-order valence-corrected chi connectivity index (χ4v) is 5.57. The summed E-state index contributed by atoms with van der Waals surface area (Å²) in [4.78, 5) is 105. The van der Waals surface area contributed by atoms with Crippen molar-refractivity contribution in [2.75, 3.05) is 0 Å². The van der Waals surface area contributed by atoms with Crippen molar-refractivity contribution < 1.29 is 48.2 Å². The molecule has 0 bridgehead atoms. The zero-order valence-electron chi connectivity index (χ0n) is 31.7. The number of amides is 7. The predicted octanol–water partition coefficient (Wildman–Crippen LogP) is 0.659. The Morgan fingerprint density at radius 1 is 0.821 bits per heavy atom. The van der Waals surface area contributed by atoms with Crippen LogP contribution < -0.4 is 38.1 Å². The molecule has 7 atom stereocenters. The number of carbonyl (C=O) groups excluding carboxylic acids is 8. The maximum atomic E-state index is 13.8. The van der Waals surface area contributed by atoms with Gasteiger partial charge >= 0.3 is 5.97 Å². The predicted molar refractivity (Wildman–Crippen MR) is 209 cm³/mol. The van der Waals surface area contributed by atoms with E-state index in [1.165, 1.54) is 13.0 Å². The normalized spacial score (nSPS) is 23.8. The number of phenols is 1. The molecule has 1 aliphatic heterocycles. The highest BCUT2D eigenvalue weighted by Gasteiger charge is 2.39. The number of cyclic esters (lactones) is 1. The minimum absolute atomic E-state index is 0.123. The Kier molecular flexibility index (Phi) is 18.7. The summed E-state index contributed by atoms with van der Waals surface area (Å²) in [7, 11) is 0. The van der Waals surface area contributed by atoms with Gasteiger partial charge in [-0.05, 0) is 52.4 Å². The van der Waals surface area contributed by atoms with E-state index in [9.17, 15) is 43.5 Å². The van der Waals surface area contributed by atoms with Crippen molar-refractivity contribution in [1.82, 2.24) is 26.6 Å².